The standard InChI is InChI=1S/C33H46O3/c1-4-5-6-7-8-9-10-11-24-35-32-22-20-30(21-23-32)29-16-18-31(19-17-29)33(34)36-25-27-12-14-28(15-13-27)26(2)3/h16-23,27-28H,2,4-15,24-25H2,1,3H3. The molecule has 3 nitrogen and oxygen atoms in total. The minimum Gasteiger partial charge on any atom is -0.494 e. The first-order valence-electron chi connectivity index (χ1n) is 14.2. The lowest BCUT2D eigenvalue weighted by atomic mass is 9.79. The molecule has 0 aliphatic heterocycles. The van der Waals surface area contributed by atoms with E-state index in [4.69, 9.17) is 9.47 Å². The summed E-state index contributed by atoms with van der Waals surface area (Å²) in [6.45, 7) is 9.77. The molecule has 2 aromatic rings. The highest BCUT2D eigenvalue weighted by atomic mass is 16.5. The number of hydrogen-bond donors (Lipinski definition) is 0. The fourth-order valence-corrected chi connectivity index (χ4v) is 5.07. The molecular formula is C33H46O3. The van der Waals surface area contributed by atoms with E-state index < -0.39 is 0 Å². The predicted molar refractivity (Wildman–Crippen MR) is 151 cm³/mol. The van der Waals surface area contributed by atoms with Gasteiger partial charge in [0.1, 0.15) is 5.75 Å². The van der Waals surface area contributed by atoms with Crippen LogP contribution < -0.4 is 4.74 Å². The molecule has 0 spiro atoms. The summed E-state index contributed by atoms with van der Waals surface area (Å²) in [6, 6.07) is 15.9. The van der Waals surface area contributed by atoms with E-state index in [-0.39, 0.29) is 5.97 Å². The molecular weight excluding hydrogens is 444 g/mol. The molecule has 2 aromatic carbocycles. The molecule has 0 heterocycles. The molecule has 0 bridgehead atoms. The molecule has 36 heavy (non-hydrogen) atoms. The van der Waals surface area contributed by atoms with Crippen molar-refractivity contribution in [2.24, 2.45) is 11.8 Å². The van der Waals surface area contributed by atoms with E-state index in [1.165, 1.54) is 50.5 Å². The second kappa shape index (κ2) is 15.5. The van der Waals surface area contributed by atoms with Gasteiger partial charge < -0.3 is 9.47 Å². The number of hydrogen-bond acceptors (Lipinski definition) is 3. The van der Waals surface area contributed by atoms with Crippen LogP contribution in [0.1, 0.15) is 101 Å². The van der Waals surface area contributed by atoms with E-state index in [1.54, 1.807) is 0 Å². The largest absolute Gasteiger partial charge is 0.494 e. The van der Waals surface area contributed by atoms with E-state index >= 15 is 0 Å². The van der Waals surface area contributed by atoms with Gasteiger partial charge in [0.25, 0.3) is 0 Å². The maximum Gasteiger partial charge on any atom is 0.338 e. The summed E-state index contributed by atoms with van der Waals surface area (Å²) in [6.07, 6.45) is 15.0. The van der Waals surface area contributed by atoms with Gasteiger partial charge in [-0.2, -0.15) is 0 Å². The fraction of sp³-hybridized carbons (Fsp3) is 0.545. The van der Waals surface area contributed by atoms with Crippen molar-refractivity contribution in [2.75, 3.05) is 13.2 Å². The van der Waals surface area contributed by atoms with E-state index in [1.807, 2.05) is 36.4 Å². The first-order valence-corrected chi connectivity index (χ1v) is 14.2. The quantitative estimate of drug-likeness (QED) is 0.142. The molecule has 196 valence electrons. The molecule has 0 amide bonds. The summed E-state index contributed by atoms with van der Waals surface area (Å²) >= 11 is 0. The van der Waals surface area contributed by atoms with Gasteiger partial charge in [0.2, 0.25) is 0 Å². The third kappa shape index (κ3) is 9.48. The molecule has 0 saturated heterocycles. The van der Waals surface area contributed by atoms with Gasteiger partial charge in [-0.3, -0.25) is 0 Å². The van der Waals surface area contributed by atoms with Crippen molar-refractivity contribution in [3.63, 3.8) is 0 Å². The molecule has 0 N–H and O–H groups in total. The number of carbonyl (C=O) groups excluding carboxylic acids is 1. The van der Waals surface area contributed by atoms with Gasteiger partial charge in [-0.25, -0.2) is 4.79 Å². The smallest absolute Gasteiger partial charge is 0.338 e. The second-order valence-electron chi connectivity index (χ2n) is 10.6. The van der Waals surface area contributed by atoms with E-state index in [9.17, 15) is 4.79 Å². The maximum atomic E-state index is 12.5. The Labute approximate surface area is 219 Å². The zero-order valence-corrected chi connectivity index (χ0v) is 22.6. The zero-order chi connectivity index (χ0) is 25.6. The second-order valence-corrected chi connectivity index (χ2v) is 10.6. The van der Waals surface area contributed by atoms with Crippen LogP contribution >= 0.6 is 0 Å². The summed E-state index contributed by atoms with van der Waals surface area (Å²) in [5, 5.41) is 0. The minimum absolute atomic E-state index is 0.228. The molecule has 0 atom stereocenters. The van der Waals surface area contributed by atoms with Crippen LogP contribution in [-0.2, 0) is 4.74 Å². The average molecular weight is 491 g/mol. The minimum atomic E-state index is -0.228. The van der Waals surface area contributed by atoms with Crippen molar-refractivity contribution < 1.29 is 14.3 Å². The Kier molecular flexibility index (Phi) is 12.1. The Hall–Kier alpha value is -2.55. The Bertz CT molecular complexity index is 905. The number of unbranched alkanes of at least 4 members (excludes halogenated alkanes) is 7. The number of ether oxygens (including phenoxy) is 2. The van der Waals surface area contributed by atoms with Crippen LogP contribution in [0.5, 0.6) is 5.75 Å². The van der Waals surface area contributed by atoms with Crippen molar-refractivity contribution >= 4 is 5.97 Å². The number of allylic oxidation sites excluding steroid dienone is 1. The molecule has 3 rings (SSSR count). The van der Waals surface area contributed by atoms with Gasteiger partial charge in [0, 0.05) is 0 Å². The molecule has 1 saturated carbocycles. The summed E-state index contributed by atoms with van der Waals surface area (Å²) in [5.41, 5.74) is 4.09. The summed E-state index contributed by atoms with van der Waals surface area (Å²) in [4.78, 5) is 12.5. The van der Waals surface area contributed by atoms with Gasteiger partial charge in [-0.05, 0) is 86.3 Å². The Morgan fingerprint density at radius 2 is 1.36 bits per heavy atom. The highest BCUT2D eigenvalue weighted by Crippen LogP contribution is 2.32. The molecule has 1 aliphatic carbocycles. The normalized spacial score (nSPS) is 17.5. The topological polar surface area (TPSA) is 35.5 Å². The average Bonchev–Trinajstić information content (AvgIpc) is 2.91. The highest BCUT2D eigenvalue weighted by Gasteiger charge is 2.22. The lowest BCUT2D eigenvalue weighted by Crippen LogP contribution is -2.21. The number of benzene rings is 2. The summed E-state index contributed by atoms with van der Waals surface area (Å²) in [7, 11) is 0. The number of carbonyl (C=O) groups is 1. The van der Waals surface area contributed by atoms with Gasteiger partial charge in [-0.15, -0.1) is 0 Å². The zero-order valence-electron chi connectivity index (χ0n) is 22.6. The van der Waals surface area contributed by atoms with Crippen LogP contribution in [0.3, 0.4) is 0 Å². The molecule has 0 radical (unpaired) electrons. The van der Waals surface area contributed by atoms with Crippen molar-refractivity contribution in [1.82, 2.24) is 0 Å². The molecule has 0 aromatic heterocycles. The SMILES string of the molecule is C=C(C)C1CCC(COC(=O)c2ccc(-c3ccc(OCCCCCCCCCC)cc3)cc2)CC1. The monoisotopic (exact) mass is 490 g/mol. The first-order chi connectivity index (χ1) is 17.6. The fourth-order valence-electron chi connectivity index (χ4n) is 5.07. The van der Waals surface area contributed by atoms with Crippen molar-refractivity contribution in [3.8, 4) is 16.9 Å². The lowest BCUT2D eigenvalue weighted by molar-refractivity contribution is 0.0400. The molecule has 0 unspecified atom stereocenters. The molecule has 3 heteroatoms. The molecule has 1 aliphatic rings. The Morgan fingerprint density at radius 3 is 1.94 bits per heavy atom. The van der Waals surface area contributed by atoms with Crippen LogP contribution in [0.25, 0.3) is 11.1 Å². The van der Waals surface area contributed by atoms with Crippen molar-refractivity contribution in [2.45, 2.75) is 90.9 Å². The van der Waals surface area contributed by atoms with Crippen LogP contribution in [0.4, 0.5) is 0 Å². The van der Waals surface area contributed by atoms with Gasteiger partial charge >= 0.3 is 5.97 Å². The van der Waals surface area contributed by atoms with Crippen LogP contribution in [0.2, 0.25) is 0 Å². The van der Waals surface area contributed by atoms with Crippen LogP contribution in [0, 0.1) is 11.8 Å². The van der Waals surface area contributed by atoms with Gasteiger partial charge in [0.05, 0.1) is 18.8 Å². The summed E-state index contributed by atoms with van der Waals surface area (Å²) in [5.74, 6) is 1.80. The maximum absolute atomic E-state index is 12.5. The van der Waals surface area contributed by atoms with Gasteiger partial charge in [-0.1, -0.05) is 88.3 Å². The van der Waals surface area contributed by atoms with E-state index in [0.717, 1.165) is 55.6 Å². The molecule has 1 fully saturated rings. The summed E-state index contributed by atoms with van der Waals surface area (Å²) < 4.78 is 11.6. The van der Waals surface area contributed by atoms with Crippen LogP contribution in [-0.4, -0.2) is 19.2 Å². The van der Waals surface area contributed by atoms with Gasteiger partial charge in [0.15, 0.2) is 0 Å². The van der Waals surface area contributed by atoms with E-state index in [2.05, 4.69) is 32.6 Å². The number of rotatable bonds is 15. The Morgan fingerprint density at radius 1 is 0.806 bits per heavy atom. The van der Waals surface area contributed by atoms with Crippen molar-refractivity contribution in [3.05, 3.63) is 66.2 Å². The third-order valence-corrected chi connectivity index (χ3v) is 7.57. The highest BCUT2D eigenvalue weighted by molar-refractivity contribution is 5.90. The third-order valence-electron chi connectivity index (χ3n) is 7.57. The van der Waals surface area contributed by atoms with Crippen molar-refractivity contribution in [1.29, 1.82) is 0 Å². The lowest BCUT2D eigenvalue weighted by Gasteiger charge is -2.28. The Balaban J connectivity index is 1.35. The predicted octanol–water partition coefficient (Wildman–Crippen LogP) is 9.41. The van der Waals surface area contributed by atoms with Crippen LogP contribution in [0.15, 0.2) is 60.7 Å². The first kappa shape index (κ1) is 28.0. The number of esters is 1. The van der Waals surface area contributed by atoms with E-state index in [0.29, 0.717) is 24.0 Å².